The highest BCUT2D eigenvalue weighted by Crippen LogP contribution is 2.31. The van der Waals surface area contributed by atoms with Crippen LogP contribution in [0.1, 0.15) is 50.2 Å². The van der Waals surface area contributed by atoms with Gasteiger partial charge >= 0.3 is 6.09 Å². The van der Waals surface area contributed by atoms with E-state index in [1.165, 1.54) is 0 Å². The molecule has 3 rings (SSSR count). The average molecular weight is 437 g/mol. The fourth-order valence-corrected chi connectivity index (χ4v) is 4.59. The summed E-state index contributed by atoms with van der Waals surface area (Å²) < 4.78 is 22.7. The zero-order chi connectivity index (χ0) is 21.0. The summed E-state index contributed by atoms with van der Waals surface area (Å²) in [6.07, 6.45) is 3.21. The molecule has 1 aromatic heterocycles. The smallest absolute Gasteiger partial charge is 0.410 e. The van der Waals surface area contributed by atoms with Crippen molar-refractivity contribution in [1.29, 1.82) is 0 Å². The van der Waals surface area contributed by atoms with E-state index in [-0.39, 0.29) is 6.09 Å². The molecular formula is C21H28N2O4S2. The standard InChI is InChI=1S/C21H28N2O4S2/c1-21(2,3)27-20(24)23-11-9-15(10-12-23)19-22-16(14-28-19)13-26-17-5-7-18(8-6-17)29(4)25/h5-8,14-15H,9-13H2,1-4H3. The number of benzene rings is 1. The molecule has 2 aromatic rings. The molecule has 0 N–H and O–H groups in total. The van der Waals surface area contributed by atoms with E-state index < -0.39 is 16.4 Å². The summed E-state index contributed by atoms with van der Waals surface area (Å²) in [7, 11) is -0.986. The number of thiazole rings is 1. The van der Waals surface area contributed by atoms with E-state index in [0.717, 1.165) is 34.2 Å². The first kappa shape index (κ1) is 21.8. The Balaban J connectivity index is 1.49. The Morgan fingerprint density at radius 2 is 1.90 bits per heavy atom. The molecule has 1 amide bonds. The van der Waals surface area contributed by atoms with Crippen molar-refractivity contribution >= 4 is 28.2 Å². The van der Waals surface area contributed by atoms with E-state index >= 15 is 0 Å². The number of carbonyl (C=O) groups excluding carboxylic acids is 1. The third-order valence-corrected chi connectivity index (χ3v) is 6.60. The molecule has 1 aromatic carbocycles. The van der Waals surface area contributed by atoms with Gasteiger partial charge in [0, 0.05) is 46.3 Å². The quantitative estimate of drug-likeness (QED) is 0.686. The van der Waals surface area contributed by atoms with Crippen molar-refractivity contribution in [1.82, 2.24) is 9.88 Å². The summed E-state index contributed by atoms with van der Waals surface area (Å²) in [6.45, 7) is 7.44. The molecule has 1 unspecified atom stereocenters. The summed E-state index contributed by atoms with van der Waals surface area (Å²) in [5, 5.41) is 3.13. The number of carbonyl (C=O) groups is 1. The normalized spacial score (nSPS) is 16.5. The Morgan fingerprint density at radius 3 is 2.48 bits per heavy atom. The van der Waals surface area contributed by atoms with E-state index in [9.17, 15) is 9.00 Å². The molecule has 8 heteroatoms. The lowest BCUT2D eigenvalue weighted by Gasteiger charge is -2.32. The molecule has 6 nitrogen and oxygen atoms in total. The number of hydrogen-bond acceptors (Lipinski definition) is 6. The molecule has 0 aliphatic carbocycles. The topological polar surface area (TPSA) is 68.7 Å². The van der Waals surface area contributed by atoms with Crippen molar-refractivity contribution < 1.29 is 18.5 Å². The van der Waals surface area contributed by atoms with E-state index in [1.54, 1.807) is 22.5 Å². The van der Waals surface area contributed by atoms with E-state index in [4.69, 9.17) is 14.5 Å². The minimum Gasteiger partial charge on any atom is -0.487 e. The second kappa shape index (κ2) is 9.26. The molecule has 0 radical (unpaired) electrons. The number of aromatic nitrogens is 1. The molecule has 0 saturated carbocycles. The Morgan fingerprint density at radius 1 is 1.24 bits per heavy atom. The van der Waals surface area contributed by atoms with Gasteiger partial charge < -0.3 is 14.4 Å². The van der Waals surface area contributed by atoms with Gasteiger partial charge in [0.2, 0.25) is 0 Å². The first-order valence-electron chi connectivity index (χ1n) is 9.70. The monoisotopic (exact) mass is 436 g/mol. The van der Waals surface area contributed by atoms with Gasteiger partial charge in [0.25, 0.3) is 0 Å². The van der Waals surface area contributed by atoms with Gasteiger partial charge in [-0.05, 0) is 57.9 Å². The molecule has 29 heavy (non-hydrogen) atoms. The lowest BCUT2D eigenvalue weighted by atomic mass is 9.98. The van der Waals surface area contributed by atoms with Gasteiger partial charge in [0.1, 0.15) is 18.0 Å². The predicted octanol–water partition coefficient (Wildman–Crippen LogP) is 4.57. The van der Waals surface area contributed by atoms with Crippen LogP contribution in [0.3, 0.4) is 0 Å². The summed E-state index contributed by atoms with van der Waals surface area (Å²) in [5.74, 6) is 1.10. The molecule has 1 aliphatic heterocycles. The van der Waals surface area contributed by atoms with E-state index in [2.05, 4.69) is 0 Å². The van der Waals surface area contributed by atoms with Gasteiger partial charge in [-0.25, -0.2) is 9.78 Å². The highest BCUT2D eigenvalue weighted by atomic mass is 32.2. The Bertz CT molecular complexity index is 850. The molecular weight excluding hydrogens is 408 g/mol. The molecule has 158 valence electrons. The lowest BCUT2D eigenvalue weighted by Crippen LogP contribution is -2.41. The number of ether oxygens (including phenoxy) is 2. The van der Waals surface area contributed by atoms with Crippen LogP contribution in [0.5, 0.6) is 5.75 Å². The highest BCUT2D eigenvalue weighted by molar-refractivity contribution is 7.84. The lowest BCUT2D eigenvalue weighted by molar-refractivity contribution is 0.0204. The second-order valence-electron chi connectivity index (χ2n) is 8.13. The van der Waals surface area contributed by atoms with E-state index in [1.807, 2.05) is 50.4 Å². The maximum Gasteiger partial charge on any atom is 0.410 e. The molecule has 1 fully saturated rings. The van der Waals surface area contributed by atoms with Crippen LogP contribution in [0.25, 0.3) is 0 Å². The van der Waals surface area contributed by atoms with Gasteiger partial charge in [0.15, 0.2) is 0 Å². The average Bonchev–Trinajstić information content (AvgIpc) is 3.14. The van der Waals surface area contributed by atoms with Crippen molar-refractivity contribution in [3.8, 4) is 5.75 Å². The van der Waals surface area contributed by atoms with Crippen LogP contribution in [0.15, 0.2) is 34.5 Å². The summed E-state index contributed by atoms with van der Waals surface area (Å²) in [4.78, 5) is 19.5. The molecule has 1 saturated heterocycles. The van der Waals surface area contributed by atoms with Crippen LogP contribution in [0.2, 0.25) is 0 Å². The summed E-state index contributed by atoms with van der Waals surface area (Å²) >= 11 is 1.65. The van der Waals surface area contributed by atoms with Crippen molar-refractivity contribution in [2.75, 3.05) is 19.3 Å². The number of likely N-dealkylation sites (tertiary alicyclic amines) is 1. The predicted molar refractivity (Wildman–Crippen MR) is 115 cm³/mol. The van der Waals surface area contributed by atoms with Crippen molar-refractivity contribution in [3.05, 3.63) is 40.3 Å². The number of nitrogens with zero attached hydrogens (tertiary/aromatic N) is 2. The minimum absolute atomic E-state index is 0.234. The SMILES string of the molecule is CS(=O)c1ccc(OCc2csc(C3CCN(C(=O)OC(C)(C)C)CC3)n2)cc1. The van der Waals surface area contributed by atoms with Crippen LogP contribution < -0.4 is 4.74 Å². The van der Waals surface area contributed by atoms with Crippen molar-refractivity contribution in [3.63, 3.8) is 0 Å². The zero-order valence-corrected chi connectivity index (χ0v) is 19.0. The van der Waals surface area contributed by atoms with Crippen LogP contribution in [-0.2, 0) is 22.1 Å². The number of piperidine rings is 1. The Hall–Kier alpha value is -1.93. The fraction of sp³-hybridized carbons (Fsp3) is 0.524. The molecule has 0 bridgehead atoms. The first-order chi connectivity index (χ1) is 13.7. The van der Waals surface area contributed by atoms with Gasteiger partial charge in [-0.2, -0.15) is 0 Å². The van der Waals surface area contributed by atoms with Crippen LogP contribution in [0, 0.1) is 0 Å². The van der Waals surface area contributed by atoms with Gasteiger partial charge in [-0.15, -0.1) is 11.3 Å². The minimum atomic E-state index is -0.986. The van der Waals surface area contributed by atoms with Crippen LogP contribution >= 0.6 is 11.3 Å². The Kier molecular flexibility index (Phi) is 6.95. The number of hydrogen-bond donors (Lipinski definition) is 0. The molecule has 2 heterocycles. The second-order valence-corrected chi connectivity index (χ2v) is 10.4. The number of amides is 1. The van der Waals surface area contributed by atoms with Crippen LogP contribution in [-0.4, -0.2) is 45.1 Å². The maximum absolute atomic E-state index is 12.2. The molecule has 1 aliphatic rings. The number of rotatable bonds is 5. The molecule has 0 spiro atoms. The zero-order valence-electron chi connectivity index (χ0n) is 17.3. The van der Waals surface area contributed by atoms with Crippen molar-refractivity contribution in [2.45, 2.75) is 56.6 Å². The van der Waals surface area contributed by atoms with Gasteiger partial charge in [0.05, 0.1) is 10.7 Å². The molecule has 1 atom stereocenters. The van der Waals surface area contributed by atoms with E-state index in [0.29, 0.717) is 25.6 Å². The fourth-order valence-electron chi connectivity index (χ4n) is 3.10. The first-order valence-corrected chi connectivity index (χ1v) is 12.1. The largest absolute Gasteiger partial charge is 0.487 e. The summed E-state index contributed by atoms with van der Waals surface area (Å²) in [5.41, 5.74) is 0.439. The van der Waals surface area contributed by atoms with Gasteiger partial charge in [-0.1, -0.05) is 0 Å². The maximum atomic E-state index is 12.2. The van der Waals surface area contributed by atoms with Crippen molar-refractivity contribution in [2.24, 2.45) is 0 Å². The van der Waals surface area contributed by atoms with Gasteiger partial charge in [-0.3, -0.25) is 4.21 Å². The third-order valence-electron chi connectivity index (χ3n) is 4.61. The Labute approximate surface area is 178 Å². The summed E-state index contributed by atoms with van der Waals surface area (Å²) in [6, 6.07) is 7.29. The third kappa shape index (κ3) is 6.27. The highest BCUT2D eigenvalue weighted by Gasteiger charge is 2.28. The van der Waals surface area contributed by atoms with Crippen LogP contribution in [0.4, 0.5) is 4.79 Å².